The molecule has 0 N–H and O–H groups in total. The summed E-state index contributed by atoms with van der Waals surface area (Å²) in [5.74, 6) is 0.110. The summed E-state index contributed by atoms with van der Waals surface area (Å²) in [5, 5.41) is 0. The summed E-state index contributed by atoms with van der Waals surface area (Å²) in [6.07, 6.45) is 41.6. The maximum atomic E-state index is 13.8. The Bertz CT molecular complexity index is 601. The summed E-state index contributed by atoms with van der Waals surface area (Å²) in [4.78, 5) is 13.8. The number of rotatable bonds is 35. The quantitative estimate of drug-likeness (QED) is 0.0520. The van der Waals surface area contributed by atoms with E-state index in [9.17, 15) is 4.79 Å². The molecule has 0 saturated heterocycles. The molecule has 2 heteroatoms. The van der Waals surface area contributed by atoms with Crippen molar-refractivity contribution in [1.29, 1.82) is 0 Å². The van der Waals surface area contributed by atoms with Gasteiger partial charge in [-0.25, -0.2) is 0 Å². The van der Waals surface area contributed by atoms with Crippen molar-refractivity contribution in [1.82, 2.24) is 0 Å². The van der Waals surface area contributed by atoms with E-state index in [1.54, 1.807) is 0 Å². The summed E-state index contributed by atoms with van der Waals surface area (Å²) in [6.45, 7) is 14.5. The summed E-state index contributed by atoms with van der Waals surface area (Å²) in [5.41, 5.74) is -0.186. The van der Waals surface area contributed by atoms with E-state index in [0.29, 0.717) is 6.61 Å². The van der Waals surface area contributed by atoms with Gasteiger partial charge in [0.25, 0.3) is 0 Å². The van der Waals surface area contributed by atoms with Gasteiger partial charge in [0.05, 0.1) is 12.0 Å². The SMILES string of the molecule is CCCCCCCCCCC(C)(CCCCCCCC)COC(=O)C(C)(CCCCCCCC)CCCCCCCCCC. The molecule has 0 aliphatic rings. The zero-order chi connectivity index (χ0) is 32.6. The molecule has 0 amide bonds. The van der Waals surface area contributed by atoms with Crippen LogP contribution in [-0.4, -0.2) is 12.6 Å². The van der Waals surface area contributed by atoms with E-state index >= 15 is 0 Å². The lowest BCUT2D eigenvalue weighted by molar-refractivity contribution is -0.160. The minimum absolute atomic E-state index is 0.110. The summed E-state index contributed by atoms with van der Waals surface area (Å²) < 4.78 is 6.37. The molecule has 0 saturated carbocycles. The number of hydrogen-bond donors (Lipinski definition) is 0. The lowest BCUT2D eigenvalue weighted by atomic mass is 9.78. The number of hydrogen-bond acceptors (Lipinski definition) is 2. The van der Waals surface area contributed by atoms with Gasteiger partial charge in [-0.15, -0.1) is 0 Å². The minimum atomic E-state index is -0.313. The lowest BCUT2D eigenvalue weighted by Gasteiger charge is -2.33. The van der Waals surface area contributed by atoms with Gasteiger partial charge < -0.3 is 4.74 Å². The third kappa shape index (κ3) is 25.6. The van der Waals surface area contributed by atoms with Gasteiger partial charge >= 0.3 is 5.97 Å². The van der Waals surface area contributed by atoms with E-state index in [1.165, 1.54) is 193 Å². The zero-order valence-corrected chi connectivity index (χ0v) is 31.7. The van der Waals surface area contributed by atoms with Crippen molar-refractivity contribution in [2.75, 3.05) is 6.61 Å². The maximum absolute atomic E-state index is 13.8. The molecule has 0 aliphatic heterocycles. The Hall–Kier alpha value is -0.530. The fourth-order valence-corrected chi connectivity index (χ4v) is 6.97. The number of carbonyl (C=O) groups excluding carboxylic acids is 1. The molecule has 2 atom stereocenters. The van der Waals surface area contributed by atoms with Crippen LogP contribution in [-0.2, 0) is 9.53 Å². The standard InChI is InChI=1S/C42H84O2/c1-7-11-15-19-23-25-28-32-36-41(5,35-31-27-21-17-13-9-3)39-44-40(43)42(6,37-33-29-22-18-14-10-4)38-34-30-26-24-20-16-12-8-2/h7-39H2,1-6H3. The second-order valence-corrected chi connectivity index (χ2v) is 15.4. The first-order chi connectivity index (χ1) is 21.4. The highest BCUT2D eigenvalue weighted by atomic mass is 16.5. The van der Waals surface area contributed by atoms with Crippen molar-refractivity contribution >= 4 is 5.97 Å². The van der Waals surface area contributed by atoms with Crippen molar-refractivity contribution in [3.8, 4) is 0 Å². The summed E-state index contributed by atoms with van der Waals surface area (Å²) in [7, 11) is 0. The smallest absolute Gasteiger partial charge is 0.311 e. The molecule has 0 bridgehead atoms. The molecule has 2 nitrogen and oxygen atoms in total. The predicted octanol–water partition coefficient (Wildman–Crippen LogP) is 15.1. The van der Waals surface area contributed by atoms with Crippen LogP contribution in [0.15, 0.2) is 0 Å². The monoisotopic (exact) mass is 621 g/mol. The van der Waals surface area contributed by atoms with E-state index in [-0.39, 0.29) is 16.8 Å². The van der Waals surface area contributed by atoms with Crippen LogP contribution in [0.3, 0.4) is 0 Å². The Morgan fingerprint density at radius 1 is 0.386 bits per heavy atom. The van der Waals surface area contributed by atoms with Crippen LogP contribution in [0.4, 0.5) is 0 Å². The number of ether oxygens (including phenoxy) is 1. The van der Waals surface area contributed by atoms with Crippen LogP contribution < -0.4 is 0 Å². The molecular weight excluding hydrogens is 536 g/mol. The van der Waals surface area contributed by atoms with Crippen molar-refractivity contribution in [2.45, 2.75) is 247 Å². The molecule has 44 heavy (non-hydrogen) atoms. The van der Waals surface area contributed by atoms with Crippen LogP contribution in [0.5, 0.6) is 0 Å². The van der Waals surface area contributed by atoms with Gasteiger partial charge in [0.15, 0.2) is 0 Å². The number of carbonyl (C=O) groups is 1. The molecule has 0 fully saturated rings. The molecule has 0 heterocycles. The summed E-state index contributed by atoms with van der Waals surface area (Å²) in [6, 6.07) is 0. The fraction of sp³-hybridized carbons (Fsp3) is 0.976. The van der Waals surface area contributed by atoms with Gasteiger partial charge in [0.1, 0.15) is 0 Å². The average Bonchev–Trinajstić information content (AvgIpc) is 3.02. The average molecular weight is 621 g/mol. The topological polar surface area (TPSA) is 26.3 Å². The molecule has 0 rings (SSSR count). The Morgan fingerprint density at radius 2 is 0.636 bits per heavy atom. The highest BCUT2D eigenvalue weighted by Crippen LogP contribution is 2.36. The Labute approximate surface area is 279 Å². The third-order valence-corrected chi connectivity index (χ3v) is 10.5. The van der Waals surface area contributed by atoms with E-state index in [0.717, 1.165) is 12.8 Å². The van der Waals surface area contributed by atoms with Crippen molar-refractivity contribution < 1.29 is 9.53 Å². The second kappa shape index (κ2) is 31.1. The van der Waals surface area contributed by atoms with Gasteiger partial charge in [-0.2, -0.15) is 0 Å². The van der Waals surface area contributed by atoms with Gasteiger partial charge in [-0.1, -0.05) is 214 Å². The second-order valence-electron chi connectivity index (χ2n) is 15.4. The lowest BCUT2D eigenvalue weighted by Crippen LogP contribution is -2.34. The van der Waals surface area contributed by atoms with Gasteiger partial charge in [-0.3, -0.25) is 4.79 Å². The van der Waals surface area contributed by atoms with Gasteiger partial charge in [0, 0.05) is 5.41 Å². The van der Waals surface area contributed by atoms with E-state index in [2.05, 4.69) is 41.5 Å². The van der Waals surface area contributed by atoms with Crippen molar-refractivity contribution in [2.24, 2.45) is 10.8 Å². The third-order valence-electron chi connectivity index (χ3n) is 10.5. The largest absolute Gasteiger partial charge is 0.465 e. The van der Waals surface area contributed by atoms with Crippen LogP contribution >= 0.6 is 0 Å². The molecule has 0 radical (unpaired) electrons. The molecule has 0 aliphatic carbocycles. The molecule has 264 valence electrons. The first-order valence-corrected chi connectivity index (χ1v) is 20.5. The Kier molecular flexibility index (Phi) is 30.7. The van der Waals surface area contributed by atoms with Crippen LogP contribution in [0.25, 0.3) is 0 Å². The zero-order valence-electron chi connectivity index (χ0n) is 31.7. The van der Waals surface area contributed by atoms with E-state index < -0.39 is 0 Å². The first-order valence-electron chi connectivity index (χ1n) is 20.5. The van der Waals surface area contributed by atoms with Gasteiger partial charge in [-0.05, 0) is 32.6 Å². The molecule has 0 aromatic carbocycles. The Balaban J connectivity index is 5.03. The highest BCUT2D eigenvalue weighted by molar-refractivity contribution is 5.76. The van der Waals surface area contributed by atoms with Crippen LogP contribution in [0.2, 0.25) is 0 Å². The minimum Gasteiger partial charge on any atom is -0.465 e. The van der Waals surface area contributed by atoms with E-state index in [1.807, 2.05) is 0 Å². The number of esters is 1. The van der Waals surface area contributed by atoms with Crippen LogP contribution in [0.1, 0.15) is 247 Å². The Morgan fingerprint density at radius 3 is 0.932 bits per heavy atom. The predicted molar refractivity (Wildman–Crippen MR) is 198 cm³/mol. The first kappa shape index (κ1) is 43.5. The van der Waals surface area contributed by atoms with Crippen LogP contribution in [0, 0.1) is 10.8 Å². The molecule has 2 unspecified atom stereocenters. The van der Waals surface area contributed by atoms with Gasteiger partial charge in [0.2, 0.25) is 0 Å². The molecular formula is C42H84O2. The number of unbranched alkanes of at least 4 members (excludes halogenated alkanes) is 24. The van der Waals surface area contributed by atoms with E-state index in [4.69, 9.17) is 4.74 Å². The normalized spacial score (nSPS) is 14.4. The summed E-state index contributed by atoms with van der Waals surface area (Å²) >= 11 is 0. The fourth-order valence-electron chi connectivity index (χ4n) is 6.97. The maximum Gasteiger partial charge on any atom is 0.311 e. The highest BCUT2D eigenvalue weighted by Gasteiger charge is 2.35. The molecule has 0 aromatic rings. The van der Waals surface area contributed by atoms with Crippen molar-refractivity contribution in [3.05, 3.63) is 0 Å². The molecule has 0 spiro atoms. The van der Waals surface area contributed by atoms with Crippen molar-refractivity contribution in [3.63, 3.8) is 0 Å². The molecule has 0 aromatic heterocycles.